The lowest BCUT2D eigenvalue weighted by Gasteiger charge is -2.07. The zero-order valence-electron chi connectivity index (χ0n) is 13.2. The molecule has 3 rings (SSSR count). The van der Waals surface area contributed by atoms with Crippen molar-refractivity contribution in [2.45, 2.75) is 0 Å². The van der Waals surface area contributed by atoms with Gasteiger partial charge in [0.2, 0.25) is 5.82 Å². The van der Waals surface area contributed by atoms with Gasteiger partial charge < -0.3 is 14.0 Å². The third-order valence-electron chi connectivity index (χ3n) is 3.39. The maximum atomic E-state index is 6.11. The van der Waals surface area contributed by atoms with Crippen molar-refractivity contribution in [3.63, 3.8) is 0 Å². The third-order valence-corrected chi connectivity index (χ3v) is 3.74. The molecule has 6 heteroatoms. The average molecular weight is 343 g/mol. The Labute approximate surface area is 144 Å². The fourth-order valence-corrected chi connectivity index (χ4v) is 2.37. The smallest absolute Gasteiger partial charge is 0.250 e. The van der Waals surface area contributed by atoms with Gasteiger partial charge >= 0.3 is 0 Å². The van der Waals surface area contributed by atoms with Gasteiger partial charge in [-0.1, -0.05) is 35.0 Å². The molecule has 0 saturated heterocycles. The highest BCUT2D eigenvalue weighted by molar-refractivity contribution is 6.32. The number of ether oxygens (including phenoxy) is 2. The van der Waals surface area contributed by atoms with Crippen LogP contribution in [0.5, 0.6) is 11.5 Å². The van der Waals surface area contributed by atoms with Gasteiger partial charge in [0.25, 0.3) is 5.89 Å². The van der Waals surface area contributed by atoms with Crippen LogP contribution in [0, 0.1) is 0 Å². The van der Waals surface area contributed by atoms with Gasteiger partial charge in [-0.15, -0.1) is 0 Å². The molecule has 2 aromatic carbocycles. The Balaban J connectivity index is 1.84. The minimum Gasteiger partial charge on any atom is -0.493 e. The lowest BCUT2D eigenvalue weighted by Crippen LogP contribution is -1.91. The van der Waals surface area contributed by atoms with Crippen LogP contribution >= 0.6 is 11.6 Å². The van der Waals surface area contributed by atoms with Crippen LogP contribution in [0.2, 0.25) is 5.02 Å². The van der Waals surface area contributed by atoms with E-state index in [4.69, 9.17) is 25.6 Å². The summed E-state index contributed by atoms with van der Waals surface area (Å²) < 4.78 is 15.7. The van der Waals surface area contributed by atoms with Crippen LogP contribution in [0.1, 0.15) is 11.5 Å². The first kappa shape index (κ1) is 16.1. The van der Waals surface area contributed by atoms with E-state index in [1.807, 2.05) is 36.4 Å². The number of halogens is 1. The van der Waals surface area contributed by atoms with Crippen molar-refractivity contribution in [2.75, 3.05) is 14.2 Å². The molecule has 122 valence electrons. The van der Waals surface area contributed by atoms with Crippen LogP contribution in [0.3, 0.4) is 0 Å². The van der Waals surface area contributed by atoms with E-state index in [1.54, 1.807) is 32.4 Å². The molecule has 0 N–H and O–H groups in total. The predicted molar refractivity (Wildman–Crippen MR) is 93.2 cm³/mol. The van der Waals surface area contributed by atoms with Gasteiger partial charge in [-0.25, -0.2) is 0 Å². The summed E-state index contributed by atoms with van der Waals surface area (Å²) in [7, 11) is 3.17. The second-order valence-corrected chi connectivity index (χ2v) is 5.29. The summed E-state index contributed by atoms with van der Waals surface area (Å²) in [5.41, 5.74) is 1.65. The summed E-state index contributed by atoms with van der Waals surface area (Å²) in [6.45, 7) is 0. The summed E-state index contributed by atoms with van der Waals surface area (Å²) in [6, 6.07) is 13.0. The van der Waals surface area contributed by atoms with Crippen molar-refractivity contribution in [3.05, 3.63) is 58.9 Å². The summed E-state index contributed by atoms with van der Waals surface area (Å²) in [6.07, 6.45) is 3.55. The Hall–Kier alpha value is -2.79. The average Bonchev–Trinajstić information content (AvgIpc) is 3.09. The molecule has 0 radical (unpaired) electrons. The number of methoxy groups -OCH3 is 2. The van der Waals surface area contributed by atoms with Gasteiger partial charge in [-0.2, -0.15) is 4.98 Å². The minimum absolute atomic E-state index is 0.389. The van der Waals surface area contributed by atoms with Gasteiger partial charge in [-0.05, 0) is 35.9 Å². The highest BCUT2D eigenvalue weighted by atomic mass is 35.5. The standard InChI is InChI=1S/C18H15ClN2O3/c1-22-15-9-7-13(11-16(15)23-2)18-20-17(24-21-18)10-8-12-5-3-4-6-14(12)19/h3-11H,1-2H3. The molecule has 0 atom stereocenters. The Bertz CT molecular complexity index is 874. The van der Waals surface area contributed by atoms with Gasteiger partial charge in [0.05, 0.1) is 14.2 Å². The lowest BCUT2D eigenvalue weighted by molar-refractivity contribution is 0.355. The lowest BCUT2D eigenvalue weighted by atomic mass is 10.2. The van der Waals surface area contributed by atoms with E-state index in [0.29, 0.717) is 28.2 Å². The summed E-state index contributed by atoms with van der Waals surface area (Å²) in [5, 5.41) is 4.65. The van der Waals surface area contributed by atoms with E-state index in [0.717, 1.165) is 11.1 Å². The second kappa shape index (κ2) is 7.19. The number of hydrogen-bond acceptors (Lipinski definition) is 5. The molecule has 0 aliphatic carbocycles. The van der Waals surface area contributed by atoms with Gasteiger partial charge in [0.15, 0.2) is 11.5 Å². The molecule has 0 unspecified atom stereocenters. The van der Waals surface area contributed by atoms with Crippen LogP contribution in [-0.4, -0.2) is 24.4 Å². The van der Waals surface area contributed by atoms with Crippen molar-refractivity contribution < 1.29 is 14.0 Å². The normalized spacial score (nSPS) is 11.0. The molecule has 1 aromatic heterocycles. The Kier molecular flexibility index (Phi) is 4.82. The minimum atomic E-state index is 0.389. The van der Waals surface area contributed by atoms with Crippen LogP contribution in [0.15, 0.2) is 47.0 Å². The molecule has 1 heterocycles. The SMILES string of the molecule is COc1ccc(-c2noc(C=Cc3ccccc3Cl)n2)cc1OC. The van der Waals surface area contributed by atoms with Gasteiger partial charge in [0.1, 0.15) is 0 Å². The number of hydrogen-bond donors (Lipinski definition) is 0. The molecular weight excluding hydrogens is 328 g/mol. The Morgan fingerprint density at radius 2 is 1.79 bits per heavy atom. The first-order valence-electron chi connectivity index (χ1n) is 7.20. The molecule has 0 saturated carbocycles. The largest absolute Gasteiger partial charge is 0.493 e. The fraction of sp³-hybridized carbons (Fsp3) is 0.111. The van der Waals surface area contributed by atoms with Crippen LogP contribution < -0.4 is 9.47 Å². The molecular formula is C18H15ClN2O3. The first-order chi connectivity index (χ1) is 11.7. The topological polar surface area (TPSA) is 57.4 Å². The van der Waals surface area contributed by atoms with Gasteiger partial charge in [-0.3, -0.25) is 0 Å². The molecule has 0 fully saturated rings. The summed E-state index contributed by atoms with van der Waals surface area (Å²) in [5.74, 6) is 2.10. The molecule has 3 aromatic rings. The van der Waals surface area contributed by atoms with E-state index >= 15 is 0 Å². The number of benzene rings is 2. The van der Waals surface area contributed by atoms with E-state index in [-0.39, 0.29) is 0 Å². The van der Waals surface area contributed by atoms with Crippen molar-refractivity contribution in [3.8, 4) is 22.9 Å². The maximum absolute atomic E-state index is 6.11. The summed E-state index contributed by atoms with van der Waals surface area (Å²) >= 11 is 6.11. The van der Waals surface area contributed by atoms with E-state index < -0.39 is 0 Å². The molecule has 24 heavy (non-hydrogen) atoms. The van der Waals surface area contributed by atoms with Crippen molar-refractivity contribution >= 4 is 23.8 Å². The van der Waals surface area contributed by atoms with Crippen molar-refractivity contribution in [1.29, 1.82) is 0 Å². The molecule has 0 bridgehead atoms. The molecule has 0 spiro atoms. The first-order valence-corrected chi connectivity index (χ1v) is 7.58. The Morgan fingerprint density at radius 1 is 1.00 bits per heavy atom. The zero-order valence-corrected chi connectivity index (χ0v) is 13.9. The van der Waals surface area contributed by atoms with E-state index in [1.165, 1.54) is 0 Å². The van der Waals surface area contributed by atoms with E-state index in [9.17, 15) is 0 Å². The van der Waals surface area contributed by atoms with Crippen LogP contribution in [0.4, 0.5) is 0 Å². The molecule has 5 nitrogen and oxygen atoms in total. The molecule has 0 aliphatic heterocycles. The molecule has 0 amide bonds. The number of aromatic nitrogens is 2. The van der Waals surface area contributed by atoms with Crippen molar-refractivity contribution in [1.82, 2.24) is 10.1 Å². The highest BCUT2D eigenvalue weighted by Crippen LogP contribution is 2.31. The zero-order chi connectivity index (χ0) is 16.9. The number of rotatable bonds is 5. The van der Waals surface area contributed by atoms with Crippen molar-refractivity contribution in [2.24, 2.45) is 0 Å². The number of nitrogens with zero attached hydrogens (tertiary/aromatic N) is 2. The highest BCUT2D eigenvalue weighted by Gasteiger charge is 2.11. The van der Waals surface area contributed by atoms with Gasteiger partial charge in [0, 0.05) is 16.7 Å². The molecule has 0 aliphatic rings. The fourth-order valence-electron chi connectivity index (χ4n) is 2.17. The quantitative estimate of drug-likeness (QED) is 0.679. The monoisotopic (exact) mass is 342 g/mol. The second-order valence-electron chi connectivity index (χ2n) is 4.88. The summed E-state index contributed by atoms with van der Waals surface area (Å²) in [4.78, 5) is 4.35. The van der Waals surface area contributed by atoms with Crippen LogP contribution in [-0.2, 0) is 0 Å². The Morgan fingerprint density at radius 3 is 2.54 bits per heavy atom. The van der Waals surface area contributed by atoms with Crippen LogP contribution in [0.25, 0.3) is 23.5 Å². The predicted octanol–water partition coefficient (Wildman–Crippen LogP) is 4.58. The maximum Gasteiger partial charge on any atom is 0.250 e. The third kappa shape index (κ3) is 3.41. The van der Waals surface area contributed by atoms with E-state index in [2.05, 4.69) is 10.1 Å².